The lowest BCUT2D eigenvalue weighted by molar-refractivity contribution is 0.0697. The Morgan fingerprint density at radius 3 is 2.45 bits per heavy atom. The SMILES string of the molecule is Cc1ccc(C(=O)O)cc1NC(=S)Nc1ccc(Cl)c(Cl)c1. The molecule has 0 amide bonds. The second-order valence-electron chi connectivity index (χ2n) is 4.54. The number of benzene rings is 2. The Morgan fingerprint density at radius 2 is 1.82 bits per heavy atom. The van der Waals surface area contributed by atoms with E-state index < -0.39 is 5.97 Å². The van der Waals surface area contributed by atoms with Gasteiger partial charge in [-0.15, -0.1) is 0 Å². The first kappa shape index (κ1) is 16.5. The van der Waals surface area contributed by atoms with Gasteiger partial charge in [0, 0.05) is 11.4 Å². The molecule has 4 nitrogen and oxygen atoms in total. The van der Waals surface area contributed by atoms with Crippen LogP contribution in [0.2, 0.25) is 10.0 Å². The standard InChI is InChI=1S/C15H12Cl2N2O2S/c1-8-2-3-9(14(20)21)6-13(8)19-15(22)18-10-4-5-11(16)12(17)7-10/h2-7H,1H3,(H,20,21)(H2,18,19,22). The predicted molar refractivity (Wildman–Crippen MR) is 94.4 cm³/mol. The third-order valence-electron chi connectivity index (χ3n) is 2.91. The van der Waals surface area contributed by atoms with Crippen LogP contribution in [0, 0.1) is 6.92 Å². The highest BCUT2D eigenvalue weighted by Gasteiger charge is 2.08. The van der Waals surface area contributed by atoms with Crippen molar-refractivity contribution in [3.63, 3.8) is 0 Å². The fourth-order valence-corrected chi connectivity index (χ4v) is 2.27. The van der Waals surface area contributed by atoms with Crippen LogP contribution >= 0.6 is 35.4 Å². The van der Waals surface area contributed by atoms with Crippen molar-refractivity contribution in [1.82, 2.24) is 0 Å². The van der Waals surface area contributed by atoms with Crippen molar-refractivity contribution < 1.29 is 9.90 Å². The molecule has 0 spiro atoms. The maximum atomic E-state index is 11.0. The Labute approximate surface area is 143 Å². The van der Waals surface area contributed by atoms with Gasteiger partial charge in [-0.2, -0.15) is 0 Å². The zero-order valence-electron chi connectivity index (χ0n) is 11.5. The summed E-state index contributed by atoms with van der Waals surface area (Å²) in [5, 5.41) is 16.1. The van der Waals surface area contributed by atoms with Crippen LogP contribution < -0.4 is 10.6 Å². The molecule has 0 aliphatic carbocycles. The molecule has 0 aliphatic heterocycles. The largest absolute Gasteiger partial charge is 0.478 e. The first-order chi connectivity index (χ1) is 10.4. The molecule has 0 saturated carbocycles. The highest BCUT2D eigenvalue weighted by molar-refractivity contribution is 7.80. The Bertz CT molecular complexity index is 750. The van der Waals surface area contributed by atoms with E-state index >= 15 is 0 Å². The molecule has 0 saturated heterocycles. The average Bonchev–Trinajstić information content (AvgIpc) is 2.45. The van der Waals surface area contributed by atoms with Gasteiger partial charge < -0.3 is 15.7 Å². The number of carbonyl (C=O) groups is 1. The number of hydrogen-bond acceptors (Lipinski definition) is 2. The number of carboxylic acid groups (broad SMARTS) is 1. The molecule has 2 rings (SSSR count). The molecule has 0 unspecified atom stereocenters. The number of halogens is 2. The van der Waals surface area contributed by atoms with Crippen LogP contribution in [0.1, 0.15) is 15.9 Å². The summed E-state index contributed by atoms with van der Waals surface area (Å²) in [7, 11) is 0. The Kier molecular flexibility index (Phi) is 5.24. The van der Waals surface area contributed by atoms with Crippen molar-refractivity contribution >= 4 is 57.9 Å². The lowest BCUT2D eigenvalue weighted by atomic mass is 10.1. The minimum absolute atomic E-state index is 0.186. The lowest BCUT2D eigenvalue weighted by Crippen LogP contribution is -2.20. The van der Waals surface area contributed by atoms with Gasteiger partial charge in [0.05, 0.1) is 15.6 Å². The molecule has 114 valence electrons. The molecule has 7 heteroatoms. The lowest BCUT2D eigenvalue weighted by Gasteiger charge is -2.13. The first-order valence-electron chi connectivity index (χ1n) is 6.24. The van der Waals surface area contributed by atoms with E-state index in [4.69, 9.17) is 40.5 Å². The molecule has 0 atom stereocenters. The van der Waals surface area contributed by atoms with Crippen molar-refractivity contribution in [2.75, 3.05) is 10.6 Å². The van der Waals surface area contributed by atoms with E-state index in [1.807, 2.05) is 6.92 Å². The van der Waals surface area contributed by atoms with Crippen LogP contribution in [-0.2, 0) is 0 Å². The first-order valence-corrected chi connectivity index (χ1v) is 7.40. The number of aromatic carboxylic acids is 1. The molecular formula is C15H12Cl2N2O2S. The zero-order chi connectivity index (χ0) is 16.3. The second kappa shape index (κ2) is 6.96. The summed E-state index contributed by atoms with van der Waals surface area (Å²) < 4.78 is 0. The molecule has 0 heterocycles. The quantitative estimate of drug-likeness (QED) is 0.690. The maximum absolute atomic E-state index is 11.0. The van der Waals surface area contributed by atoms with E-state index in [2.05, 4.69) is 10.6 Å². The highest BCUT2D eigenvalue weighted by atomic mass is 35.5. The number of carboxylic acids is 1. The van der Waals surface area contributed by atoms with E-state index in [0.717, 1.165) is 5.56 Å². The van der Waals surface area contributed by atoms with E-state index in [-0.39, 0.29) is 5.56 Å². The summed E-state index contributed by atoms with van der Waals surface area (Å²) in [6.07, 6.45) is 0. The summed E-state index contributed by atoms with van der Waals surface area (Å²) in [5.74, 6) is -0.994. The third kappa shape index (κ3) is 4.10. The monoisotopic (exact) mass is 354 g/mol. The van der Waals surface area contributed by atoms with Gasteiger partial charge in [-0.1, -0.05) is 29.3 Å². The number of rotatable bonds is 3. The van der Waals surface area contributed by atoms with E-state index in [1.165, 1.54) is 12.1 Å². The van der Waals surface area contributed by atoms with Crippen LogP contribution in [0.25, 0.3) is 0 Å². The minimum atomic E-state index is -0.994. The Morgan fingerprint density at radius 1 is 1.09 bits per heavy atom. The van der Waals surface area contributed by atoms with E-state index in [0.29, 0.717) is 26.5 Å². The minimum Gasteiger partial charge on any atom is -0.478 e. The summed E-state index contributed by atoms with van der Waals surface area (Å²) in [4.78, 5) is 11.0. The van der Waals surface area contributed by atoms with Crippen molar-refractivity contribution in [3.05, 3.63) is 57.6 Å². The number of hydrogen-bond donors (Lipinski definition) is 3. The van der Waals surface area contributed by atoms with Gasteiger partial charge in [0.1, 0.15) is 0 Å². The van der Waals surface area contributed by atoms with Gasteiger partial charge >= 0.3 is 5.97 Å². The van der Waals surface area contributed by atoms with Gasteiger partial charge in [-0.25, -0.2) is 4.79 Å². The topological polar surface area (TPSA) is 61.4 Å². The molecule has 2 aromatic rings. The molecule has 3 N–H and O–H groups in total. The molecule has 0 bridgehead atoms. The van der Waals surface area contributed by atoms with Gasteiger partial charge in [0.15, 0.2) is 5.11 Å². The Balaban J connectivity index is 2.13. The maximum Gasteiger partial charge on any atom is 0.335 e. The van der Waals surface area contributed by atoms with Crippen molar-refractivity contribution in [1.29, 1.82) is 0 Å². The summed E-state index contributed by atoms with van der Waals surface area (Å²) in [6, 6.07) is 9.83. The normalized spacial score (nSPS) is 10.1. The number of thiocarbonyl (C=S) groups is 1. The molecule has 0 aromatic heterocycles. The summed E-state index contributed by atoms with van der Waals surface area (Å²) in [6.45, 7) is 1.86. The predicted octanol–water partition coefficient (Wildman–Crippen LogP) is 4.81. The van der Waals surface area contributed by atoms with Crippen LogP contribution in [-0.4, -0.2) is 16.2 Å². The number of aryl methyl sites for hydroxylation is 1. The molecule has 0 aliphatic rings. The van der Waals surface area contributed by atoms with E-state index in [1.54, 1.807) is 24.3 Å². The fraction of sp³-hybridized carbons (Fsp3) is 0.0667. The molecule has 22 heavy (non-hydrogen) atoms. The summed E-state index contributed by atoms with van der Waals surface area (Å²) >= 11 is 17.0. The smallest absolute Gasteiger partial charge is 0.335 e. The van der Waals surface area contributed by atoms with Crippen molar-refractivity contribution in [2.24, 2.45) is 0 Å². The zero-order valence-corrected chi connectivity index (χ0v) is 13.8. The Hall–Kier alpha value is -1.82. The van der Waals surface area contributed by atoms with Gasteiger partial charge in [-0.3, -0.25) is 0 Å². The average molecular weight is 355 g/mol. The summed E-state index contributed by atoms with van der Waals surface area (Å²) in [5.41, 5.74) is 2.37. The fourth-order valence-electron chi connectivity index (χ4n) is 1.75. The van der Waals surface area contributed by atoms with Gasteiger partial charge in [0.2, 0.25) is 0 Å². The second-order valence-corrected chi connectivity index (χ2v) is 5.77. The molecule has 0 fully saturated rings. The molecule has 0 radical (unpaired) electrons. The molecular weight excluding hydrogens is 343 g/mol. The highest BCUT2D eigenvalue weighted by Crippen LogP contribution is 2.25. The number of anilines is 2. The third-order valence-corrected chi connectivity index (χ3v) is 3.85. The van der Waals surface area contributed by atoms with Gasteiger partial charge in [0.25, 0.3) is 0 Å². The van der Waals surface area contributed by atoms with Crippen molar-refractivity contribution in [3.8, 4) is 0 Å². The van der Waals surface area contributed by atoms with Crippen LogP contribution in [0.3, 0.4) is 0 Å². The molecule has 2 aromatic carbocycles. The van der Waals surface area contributed by atoms with Gasteiger partial charge in [-0.05, 0) is 55.0 Å². The number of nitrogens with one attached hydrogen (secondary N) is 2. The van der Waals surface area contributed by atoms with Crippen LogP contribution in [0.5, 0.6) is 0 Å². The van der Waals surface area contributed by atoms with Crippen molar-refractivity contribution in [2.45, 2.75) is 6.92 Å². The van der Waals surface area contributed by atoms with E-state index in [9.17, 15) is 4.79 Å². The van der Waals surface area contributed by atoms with Crippen LogP contribution in [0.15, 0.2) is 36.4 Å². The van der Waals surface area contributed by atoms with Crippen LogP contribution in [0.4, 0.5) is 11.4 Å².